The molecule has 0 aromatic heterocycles. The van der Waals surface area contributed by atoms with Gasteiger partial charge in [-0.25, -0.2) is 0 Å². The molecule has 0 bridgehead atoms. The second kappa shape index (κ2) is 6.20. The Hall–Kier alpha value is -1.62. The average Bonchev–Trinajstić information content (AvgIpc) is 2.31. The molecule has 1 N–H and O–H groups in total. The van der Waals surface area contributed by atoms with Crippen LogP contribution in [0.15, 0.2) is 18.2 Å². The van der Waals surface area contributed by atoms with Gasteiger partial charge in [0.25, 0.3) is 5.69 Å². The summed E-state index contributed by atoms with van der Waals surface area (Å²) in [6.07, 6.45) is 0.699. The van der Waals surface area contributed by atoms with Crippen molar-refractivity contribution in [2.45, 2.75) is 20.3 Å². The van der Waals surface area contributed by atoms with Crippen LogP contribution in [0.3, 0.4) is 0 Å². The Kier molecular flexibility index (Phi) is 4.90. The number of nitro groups is 1. The van der Waals surface area contributed by atoms with Crippen molar-refractivity contribution in [1.29, 1.82) is 0 Å². The number of anilines is 1. The first-order chi connectivity index (χ1) is 8.10. The SMILES string of the molecule is CCN(CCCO)c1ccc([N+](=O)[O-])cc1C. The first kappa shape index (κ1) is 13.4. The molecular formula is C12H18N2O3. The van der Waals surface area contributed by atoms with Gasteiger partial charge in [0, 0.05) is 37.5 Å². The van der Waals surface area contributed by atoms with Crippen LogP contribution in [0.1, 0.15) is 18.9 Å². The Morgan fingerprint density at radius 3 is 2.65 bits per heavy atom. The molecule has 1 aromatic carbocycles. The number of non-ortho nitro benzene ring substituents is 1. The second-order valence-corrected chi connectivity index (χ2v) is 3.88. The van der Waals surface area contributed by atoms with Crippen LogP contribution in [0, 0.1) is 17.0 Å². The molecule has 1 aromatic rings. The number of nitrogens with zero attached hydrogens (tertiary/aromatic N) is 2. The van der Waals surface area contributed by atoms with Gasteiger partial charge >= 0.3 is 0 Å². The fraction of sp³-hybridized carbons (Fsp3) is 0.500. The van der Waals surface area contributed by atoms with Gasteiger partial charge in [-0.15, -0.1) is 0 Å². The van der Waals surface area contributed by atoms with Crippen LogP contribution in [0.2, 0.25) is 0 Å². The highest BCUT2D eigenvalue weighted by molar-refractivity contribution is 5.57. The second-order valence-electron chi connectivity index (χ2n) is 3.88. The van der Waals surface area contributed by atoms with Gasteiger partial charge in [0.1, 0.15) is 0 Å². The minimum atomic E-state index is -0.388. The molecule has 0 heterocycles. The summed E-state index contributed by atoms with van der Waals surface area (Å²) in [7, 11) is 0. The minimum absolute atomic E-state index is 0.115. The van der Waals surface area contributed by atoms with E-state index in [4.69, 9.17) is 5.11 Å². The van der Waals surface area contributed by atoms with Crippen LogP contribution < -0.4 is 4.90 Å². The van der Waals surface area contributed by atoms with Crippen molar-refractivity contribution >= 4 is 11.4 Å². The minimum Gasteiger partial charge on any atom is -0.396 e. The van der Waals surface area contributed by atoms with Crippen molar-refractivity contribution in [3.05, 3.63) is 33.9 Å². The molecule has 5 heteroatoms. The number of aliphatic hydroxyl groups excluding tert-OH is 1. The maximum Gasteiger partial charge on any atom is 0.269 e. The maximum absolute atomic E-state index is 10.6. The summed E-state index contributed by atoms with van der Waals surface area (Å²) in [5.74, 6) is 0. The topological polar surface area (TPSA) is 66.6 Å². The van der Waals surface area contributed by atoms with Crippen molar-refractivity contribution < 1.29 is 10.0 Å². The largest absolute Gasteiger partial charge is 0.396 e. The van der Waals surface area contributed by atoms with Gasteiger partial charge in [0.05, 0.1) is 4.92 Å². The van der Waals surface area contributed by atoms with Crippen LogP contribution in [0.5, 0.6) is 0 Å². The normalized spacial score (nSPS) is 10.3. The van der Waals surface area contributed by atoms with Crippen molar-refractivity contribution in [3.63, 3.8) is 0 Å². The summed E-state index contributed by atoms with van der Waals surface area (Å²) in [4.78, 5) is 12.4. The molecule has 0 unspecified atom stereocenters. The third-order valence-corrected chi connectivity index (χ3v) is 2.70. The first-order valence-corrected chi connectivity index (χ1v) is 5.71. The Bertz CT molecular complexity index is 393. The van der Waals surface area contributed by atoms with Gasteiger partial charge in [-0.1, -0.05) is 0 Å². The molecule has 0 atom stereocenters. The van der Waals surface area contributed by atoms with E-state index in [0.29, 0.717) is 6.42 Å². The summed E-state index contributed by atoms with van der Waals surface area (Å²) >= 11 is 0. The van der Waals surface area contributed by atoms with E-state index in [1.165, 1.54) is 6.07 Å². The molecule has 0 amide bonds. The zero-order valence-electron chi connectivity index (χ0n) is 10.2. The molecule has 94 valence electrons. The quantitative estimate of drug-likeness (QED) is 0.609. The Balaban J connectivity index is 2.92. The Morgan fingerprint density at radius 1 is 1.47 bits per heavy atom. The zero-order valence-corrected chi connectivity index (χ0v) is 10.2. The van der Waals surface area contributed by atoms with Crippen LogP contribution in [0.25, 0.3) is 0 Å². The molecule has 0 radical (unpaired) electrons. The molecule has 0 spiro atoms. The van der Waals surface area contributed by atoms with Crippen LogP contribution in [-0.2, 0) is 0 Å². The number of hydrogen-bond donors (Lipinski definition) is 1. The molecule has 0 fully saturated rings. The lowest BCUT2D eigenvalue weighted by Gasteiger charge is -2.24. The number of rotatable bonds is 6. The lowest BCUT2D eigenvalue weighted by molar-refractivity contribution is -0.384. The molecule has 0 aliphatic carbocycles. The van der Waals surface area contributed by atoms with Gasteiger partial charge in [-0.2, -0.15) is 0 Å². The predicted octanol–water partition coefficient (Wildman–Crippen LogP) is 2.11. The van der Waals surface area contributed by atoms with Gasteiger partial charge in [0.2, 0.25) is 0 Å². The smallest absolute Gasteiger partial charge is 0.269 e. The monoisotopic (exact) mass is 238 g/mol. The Labute approximate surface area is 101 Å². The number of hydrogen-bond acceptors (Lipinski definition) is 4. The highest BCUT2D eigenvalue weighted by atomic mass is 16.6. The highest BCUT2D eigenvalue weighted by Crippen LogP contribution is 2.24. The van der Waals surface area contributed by atoms with Gasteiger partial charge in [-0.3, -0.25) is 10.1 Å². The predicted molar refractivity (Wildman–Crippen MR) is 67.4 cm³/mol. The summed E-state index contributed by atoms with van der Waals surface area (Å²) in [6.45, 7) is 5.62. The molecule has 0 saturated heterocycles. The highest BCUT2D eigenvalue weighted by Gasteiger charge is 2.11. The van der Waals surface area contributed by atoms with Gasteiger partial charge in [-0.05, 0) is 31.9 Å². The number of aliphatic hydroxyl groups is 1. The molecule has 0 aliphatic rings. The van der Waals surface area contributed by atoms with Crippen LogP contribution >= 0.6 is 0 Å². The maximum atomic E-state index is 10.6. The lowest BCUT2D eigenvalue weighted by Crippen LogP contribution is -2.25. The summed E-state index contributed by atoms with van der Waals surface area (Å²) in [5, 5.41) is 19.5. The molecule has 0 saturated carbocycles. The first-order valence-electron chi connectivity index (χ1n) is 5.71. The third-order valence-electron chi connectivity index (χ3n) is 2.70. The van der Waals surface area contributed by atoms with E-state index in [-0.39, 0.29) is 17.2 Å². The van der Waals surface area contributed by atoms with Crippen LogP contribution in [-0.4, -0.2) is 29.7 Å². The van der Waals surface area contributed by atoms with E-state index in [1.807, 2.05) is 13.8 Å². The average molecular weight is 238 g/mol. The van der Waals surface area contributed by atoms with E-state index in [0.717, 1.165) is 24.3 Å². The third kappa shape index (κ3) is 3.42. The summed E-state index contributed by atoms with van der Waals surface area (Å²) < 4.78 is 0. The van der Waals surface area contributed by atoms with E-state index in [9.17, 15) is 10.1 Å². The van der Waals surface area contributed by atoms with Crippen molar-refractivity contribution in [1.82, 2.24) is 0 Å². The van der Waals surface area contributed by atoms with Gasteiger partial charge in [0.15, 0.2) is 0 Å². The number of nitro benzene ring substituents is 1. The van der Waals surface area contributed by atoms with E-state index < -0.39 is 0 Å². The number of aryl methyl sites for hydroxylation is 1. The molecule has 5 nitrogen and oxygen atoms in total. The molecule has 0 aliphatic heterocycles. The van der Waals surface area contributed by atoms with Crippen molar-refractivity contribution in [2.75, 3.05) is 24.6 Å². The van der Waals surface area contributed by atoms with E-state index in [2.05, 4.69) is 4.90 Å². The van der Waals surface area contributed by atoms with Crippen molar-refractivity contribution in [2.24, 2.45) is 0 Å². The molecule has 17 heavy (non-hydrogen) atoms. The summed E-state index contributed by atoms with van der Waals surface area (Å²) in [5.41, 5.74) is 2.00. The zero-order chi connectivity index (χ0) is 12.8. The fourth-order valence-electron chi connectivity index (χ4n) is 1.82. The standard InChI is InChI=1S/C12H18N2O3/c1-3-13(7-4-8-15)12-6-5-11(14(16)17)9-10(12)2/h5-6,9,15H,3-4,7-8H2,1-2H3. The van der Waals surface area contributed by atoms with E-state index >= 15 is 0 Å². The summed E-state index contributed by atoms with van der Waals surface area (Å²) in [6, 6.07) is 4.87. The lowest BCUT2D eigenvalue weighted by atomic mass is 10.1. The Morgan fingerprint density at radius 2 is 2.18 bits per heavy atom. The van der Waals surface area contributed by atoms with Gasteiger partial charge < -0.3 is 10.0 Å². The fourth-order valence-corrected chi connectivity index (χ4v) is 1.82. The van der Waals surface area contributed by atoms with Crippen molar-refractivity contribution in [3.8, 4) is 0 Å². The molecule has 1 rings (SSSR count). The van der Waals surface area contributed by atoms with Crippen LogP contribution in [0.4, 0.5) is 11.4 Å². The number of benzene rings is 1. The molecular weight excluding hydrogens is 220 g/mol. The van der Waals surface area contributed by atoms with E-state index in [1.54, 1.807) is 12.1 Å².